The highest BCUT2D eigenvalue weighted by molar-refractivity contribution is 7.99. The van der Waals surface area contributed by atoms with Gasteiger partial charge in [-0.05, 0) is 25.6 Å². The fourth-order valence-electron chi connectivity index (χ4n) is 2.11. The Labute approximate surface area is 130 Å². The molecule has 0 aliphatic heterocycles. The van der Waals surface area contributed by atoms with E-state index in [1.165, 1.54) is 5.56 Å². The maximum Gasteiger partial charge on any atom is 0.187 e. The van der Waals surface area contributed by atoms with Crippen molar-refractivity contribution in [2.75, 3.05) is 19.4 Å². The maximum absolute atomic E-state index is 5.46. The lowest BCUT2D eigenvalue weighted by Gasteiger charge is -2.20. The van der Waals surface area contributed by atoms with Gasteiger partial charge < -0.3 is 10.1 Å². The highest BCUT2D eigenvalue weighted by Crippen LogP contribution is 2.28. The van der Waals surface area contributed by atoms with Crippen LogP contribution in [0.1, 0.15) is 24.2 Å². The Hall–Kier alpha value is -1.59. The van der Waals surface area contributed by atoms with Crippen LogP contribution < -0.4 is 10.1 Å². The van der Waals surface area contributed by atoms with Crippen molar-refractivity contribution in [3.05, 3.63) is 47.8 Å². The third kappa shape index (κ3) is 4.44. The van der Waals surface area contributed by atoms with Crippen LogP contribution in [0.4, 0.5) is 0 Å². The van der Waals surface area contributed by atoms with Crippen LogP contribution in [0.15, 0.2) is 41.7 Å². The van der Waals surface area contributed by atoms with Gasteiger partial charge in [-0.25, -0.2) is 9.97 Å². The molecule has 2 rings (SSSR count). The van der Waals surface area contributed by atoms with Crippen molar-refractivity contribution >= 4 is 11.8 Å². The van der Waals surface area contributed by atoms with Crippen molar-refractivity contribution < 1.29 is 4.74 Å². The van der Waals surface area contributed by atoms with Gasteiger partial charge in [0.1, 0.15) is 5.75 Å². The van der Waals surface area contributed by atoms with Crippen LogP contribution in [-0.4, -0.2) is 29.4 Å². The second-order valence-corrected chi connectivity index (χ2v) is 5.63. The zero-order chi connectivity index (χ0) is 15.1. The third-order valence-corrected chi connectivity index (χ3v) is 4.07. The van der Waals surface area contributed by atoms with Crippen molar-refractivity contribution in [1.29, 1.82) is 0 Å². The van der Waals surface area contributed by atoms with Crippen LogP contribution in [0.25, 0.3) is 0 Å². The van der Waals surface area contributed by atoms with Crippen LogP contribution >= 0.6 is 11.8 Å². The number of benzene rings is 1. The molecule has 0 saturated heterocycles. The summed E-state index contributed by atoms with van der Waals surface area (Å²) in [4.78, 5) is 8.74. The largest absolute Gasteiger partial charge is 0.496 e. The molecular weight excluding hydrogens is 282 g/mol. The Kier molecular flexibility index (Phi) is 6.02. The topological polar surface area (TPSA) is 47.0 Å². The predicted molar refractivity (Wildman–Crippen MR) is 86.9 cm³/mol. The number of thioether (sulfide) groups is 1. The molecule has 1 aromatic heterocycles. The summed E-state index contributed by atoms with van der Waals surface area (Å²) in [5, 5.41) is 4.31. The lowest BCUT2D eigenvalue weighted by Crippen LogP contribution is -2.23. The lowest BCUT2D eigenvalue weighted by molar-refractivity contribution is 0.403. The maximum atomic E-state index is 5.46. The highest BCUT2D eigenvalue weighted by atomic mass is 32.2. The SMILES string of the molecule is CCNC(CSc1nccc(C)n1)c1ccccc1OC. The first-order valence-electron chi connectivity index (χ1n) is 7.03. The molecule has 0 spiro atoms. The molecule has 0 bridgehead atoms. The van der Waals surface area contributed by atoms with Crippen molar-refractivity contribution in [2.24, 2.45) is 0 Å². The van der Waals surface area contributed by atoms with E-state index in [0.29, 0.717) is 0 Å². The molecular formula is C16H21N3OS. The van der Waals surface area contributed by atoms with E-state index in [1.807, 2.05) is 31.2 Å². The first-order valence-corrected chi connectivity index (χ1v) is 8.02. The Morgan fingerprint density at radius 2 is 2.10 bits per heavy atom. The van der Waals surface area contributed by atoms with Crippen LogP contribution in [0, 0.1) is 6.92 Å². The highest BCUT2D eigenvalue weighted by Gasteiger charge is 2.15. The molecule has 0 fully saturated rings. The molecule has 1 unspecified atom stereocenters. The van der Waals surface area contributed by atoms with Crippen molar-refractivity contribution in [3.8, 4) is 5.75 Å². The first kappa shape index (κ1) is 15.8. The summed E-state index contributed by atoms with van der Waals surface area (Å²) < 4.78 is 5.46. The second-order valence-electron chi connectivity index (χ2n) is 4.64. The summed E-state index contributed by atoms with van der Waals surface area (Å²) in [5.41, 5.74) is 2.16. The number of para-hydroxylation sites is 1. The van der Waals surface area contributed by atoms with Gasteiger partial charge in [-0.15, -0.1) is 0 Å². The van der Waals surface area contributed by atoms with E-state index in [1.54, 1.807) is 25.1 Å². The second kappa shape index (κ2) is 8.00. The van der Waals surface area contributed by atoms with Crippen LogP contribution in [-0.2, 0) is 0 Å². The number of methoxy groups -OCH3 is 1. The predicted octanol–water partition coefficient (Wildman–Crippen LogP) is 3.24. The van der Waals surface area contributed by atoms with Crippen molar-refractivity contribution in [2.45, 2.75) is 25.0 Å². The van der Waals surface area contributed by atoms with Gasteiger partial charge in [0.15, 0.2) is 5.16 Å². The fraction of sp³-hybridized carbons (Fsp3) is 0.375. The Bertz CT molecular complexity index is 577. The smallest absolute Gasteiger partial charge is 0.187 e. The molecule has 4 nitrogen and oxygen atoms in total. The fourth-order valence-corrected chi connectivity index (χ4v) is 3.07. The third-order valence-electron chi connectivity index (χ3n) is 3.12. The monoisotopic (exact) mass is 303 g/mol. The summed E-state index contributed by atoms with van der Waals surface area (Å²) in [7, 11) is 1.71. The Morgan fingerprint density at radius 3 is 2.81 bits per heavy atom. The zero-order valence-corrected chi connectivity index (χ0v) is 13.5. The van der Waals surface area contributed by atoms with E-state index in [0.717, 1.165) is 28.9 Å². The van der Waals surface area contributed by atoms with Gasteiger partial charge in [0.25, 0.3) is 0 Å². The Balaban J connectivity index is 2.12. The van der Waals surface area contributed by atoms with E-state index in [-0.39, 0.29) is 6.04 Å². The van der Waals surface area contributed by atoms with Gasteiger partial charge in [-0.3, -0.25) is 0 Å². The molecule has 0 amide bonds. The number of aryl methyl sites for hydroxylation is 1. The summed E-state index contributed by atoms with van der Waals surface area (Å²) in [6, 6.07) is 10.2. The lowest BCUT2D eigenvalue weighted by atomic mass is 10.1. The molecule has 1 N–H and O–H groups in total. The average molecular weight is 303 g/mol. The van der Waals surface area contributed by atoms with E-state index in [9.17, 15) is 0 Å². The van der Waals surface area contributed by atoms with Gasteiger partial charge in [-0.2, -0.15) is 0 Å². The molecule has 21 heavy (non-hydrogen) atoms. The molecule has 0 aliphatic carbocycles. The summed E-state index contributed by atoms with van der Waals surface area (Å²) >= 11 is 1.66. The van der Waals surface area contributed by atoms with Crippen LogP contribution in [0.2, 0.25) is 0 Å². The molecule has 0 aliphatic rings. The summed E-state index contributed by atoms with van der Waals surface area (Å²) in [5.74, 6) is 1.77. The molecule has 5 heteroatoms. The van der Waals surface area contributed by atoms with Crippen LogP contribution in [0.3, 0.4) is 0 Å². The van der Waals surface area contributed by atoms with Crippen molar-refractivity contribution in [1.82, 2.24) is 15.3 Å². The van der Waals surface area contributed by atoms with E-state index < -0.39 is 0 Å². The van der Waals surface area contributed by atoms with Crippen LogP contribution in [0.5, 0.6) is 5.75 Å². The molecule has 1 aromatic carbocycles. The standard InChI is InChI=1S/C16H21N3OS/c1-4-17-14(13-7-5-6-8-15(13)20-3)11-21-16-18-10-9-12(2)19-16/h5-10,14,17H,4,11H2,1-3H3. The van der Waals surface area contributed by atoms with E-state index in [2.05, 4.69) is 28.3 Å². The number of hydrogen-bond donors (Lipinski definition) is 1. The number of rotatable bonds is 7. The molecule has 2 aromatic rings. The number of nitrogens with one attached hydrogen (secondary N) is 1. The van der Waals surface area contributed by atoms with Gasteiger partial charge in [0.05, 0.1) is 7.11 Å². The summed E-state index contributed by atoms with van der Waals surface area (Å²) in [6.45, 7) is 4.99. The van der Waals surface area contributed by atoms with Gasteiger partial charge in [0, 0.05) is 29.2 Å². The summed E-state index contributed by atoms with van der Waals surface area (Å²) in [6.07, 6.45) is 1.80. The zero-order valence-electron chi connectivity index (χ0n) is 12.7. The molecule has 112 valence electrons. The molecule has 0 saturated carbocycles. The number of hydrogen-bond acceptors (Lipinski definition) is 5. The number of aromatic nitrogens is 2. The average Bonchev–Trinajstić information content (AvgIpc) is 2.51. The van der Waals surface area contributed by atoms with Gasteiger partial charge in [-0.1, -0.05) is 36.9 Å². The first-order chi connectivity index (χ1) is 10.2. The van der Waals surface area contributed by atoms with E-state index in [4.69, 9.17) is 4.74 Å². The normalized spacial score (nSPS) is 12.1. The van der Waals surface area contributed by atoms with Crippen molar-refractivity contribution in [3.63, 3.8) is 0 Å². The Morgan fingerprint density at radius 1 is 1.29 bits per heavy atom. The van der Waals surface area contributed by atoms with Gasteiger partial charge in [0.2, 0.25) is 0 Å². The number of nitrogens with zero attached hydrogens (tertiary/aromatic N) is 2. The minimum absolute atomic E-state index is 0.209. The van der Waals surface area contributed by atoms with Gasteiger partial charge >= 0.3 is 0 Å². The van der Waals surface area contributed by atoms with E-state index >= 15 is 0 Å². The number of ether oxygens (including phenoxy) is 1. The molecule has 1 atom stereocenters. The molecule has 0 radical (unpaired) electrons. The minimum atomic E-state index is 0.209. The quantitative estimate of drug-likeness (QED) is 0.628. The molecule has 1 heterocycles. The minimum Gasteiger partial charge on any atom is -0.496 e.